The van der Waals surface area contributed by atoms with Crippen molar-refractivity contribution in [3.05, 3.63) is 39.9 Å². The zero-order chi connectivity index (χ0) is 16.2. The van der Waals surface area contributed by atoms with Crippen molar-refractivity contribution in [1.82, 2.24) is 10.6 Å². The summed E-state index contributed by atoms with van der Waals surface area (Å²) in [5.41, 5.74) is 0.912. The molecule has 1 fully saturated rings. The standard InChI is InChI=1S/C13H18N4O4S/c1-14-13(16-11-6-7-22(20,21)9-11)15-8-10-2-4-12(5-3-10)17(18)19/h2-5,11H,6-9H2,1H3,(H2,14,15,16). The van der Waals surface area contributed by atoms with Crippen LogP contribution in [0.15, 0.2) is 29.3 Å². The van der Waals surface area contributed by atoms with Crippen LogP contribution in [0.3, 0.4) is 0 Å². The molecular formula is C13H18N4O4S. The third-order valence-electron chi connectivity index (χ3n) is 3.40. The van der Waals surface area contributed by atoms with E-state index in [-0.39, 0.29) is 23.2 Å². The molecule has 0 saturated carbocycles. The zero-order valence-electron chi connectivity index (χ0n) is 12.2. The lowest BCUT2D eigenvalue weighted by molar-refractivity contribution is -0.384. The highest BCUT2D eigenvalue weighted by Crippen LogP contribution is 2.12. The lowest BCUT2D eigenvalue weighted by atomic mass is 10.2. The molecule has 0 aliphatic carbocycles. The van der Waals surface area contributed by atoms with Crippen LogP contribution in [-0.4, -0.2) is 43.9 Å². The first kappa shape index (κ1) is 16.2. The second-order valence-electron chi connectivity index (χ2n) is 5.09. The third-order valence-corrected chi connectivity index (χ3v) is 5.17. The first-order valence-corrected chi connectivity index (χ1v) is 8.63. The molecule has 1 atom stereocenters. The maximum Gasteiger partial charge on any atom is 0.269 e. The molecule has 1 aromatic rings. The first-order chi connectivity index (χ1) is 10.4. The van der Waals surface area contributed by atoms with Crippen LogP contribution in [0.25, 0.3) is 0 Å². The minimum atomic E-state index is -2.94. The number of nitro benzene ring substituents is 1. The highest BCUT2D eigenvalue weighted by atomic mass is 32.2. The summed E-state index contributed by atoms with van der Waals surface area (Å²) in [4.78, 5) is 14.2. The monoisotopic (exact) mass is 326 g/mol. The normalized spacial score (nSPS) is 20.6. The highest BCUT2D eigenvalue weighted by molar-refractivity contribution is 7.91. The number of hydrogen-bond donors (Lipinski definition) is 2. The zero-order valence-corrected chi connectivity index (χ0v) is 13.0. The number of hydrogen-bond acceptors (Lipinski definition) is 5. The minimum Gasteiger partial charge on any atom is -0.353 e. The van der Waals surface area contributed by atoms with Gasteiger partial charge in [-0.15, -0.1) is 0 Å². The Kier molecular flexibility index (Phi) is 4.96. The smallest absolute Gasteiger partial charge is 0.269 e. The lowest BCUT2D eigenvalue weighted by Crippen LogP contribution is -2.43. The molecule has 0 aromatic heterocycles. The molecule has 1 heterocycles. The van der Waals surface area contributed by atoms with Crippen LogP contribution in [0.5, 0.6) is 0 Å². The quantitative estimate of drug-likeness (QED) is 0.359. The van der Waals surface area contributed by atoms with E-state index in [9.17, 15) is 18.5 Å². The number of nitrogens with zero attached hydrogens (tertiary/aromatic N) is 2. The van der Waals surface area contributed by atoms with E-state index in [1.54, 1.807) is 19.2 Å². The molecule has 2 N–H and O–H groups in total. The average Bonchev–Trinajstić information content (AvgIpc) is 2.82. The van der Waals surface area contributed by atoms with E-state index in [4.69, 9.17) is 0 Å². The van der Waals surface area contributed by atoms with Crippen molar-refractivity contribution in [3.8, 4) is 0 Å². The maximum atomic E-state index is 11.4. The molecule has 22 heavy (non-hydrogen) atoms. The van der Waals surface area contributed by atoms with Gasteiger partial charge in [0.15, 0.2) is 15.8 Å². The maximum absolute atomic E-state index is 11.4. The van der Waals surface area contributed by atoms with Crippen LogP contribution < -0.4 is 10.6 Å². The predicted molar refractivity (Wildman–Crippen MR) is 83.5 cm³/mol. The van der Waals surface area contributed by atoms with Gasteiger partial charge in [0.2, 0.25) is 0 Å². The van der Waals surface area contributed by atoms with Crippen LogP contribution in [0.2, 0.25) is 0 Å². The van der Waals surface area contributed by atoms with Crippen molar-refractivity contribution in [3.63, 3.8) is 0 Å². The van der Waals surface area contributed by atoms with Gasteiger partial charge in [-0.2, -0.15) is 0 Å². The van der Waals surface area contributed by atoms with Gasteiger partial charge in [-0.1, -0.05) is 12.1 Å². The fourth-order valence-electron chi connectivity index (χ4n) is 2.22. The van der Waals surface area contributed by atoms with Crippen LogP contribution in [0.4, 0.5) is 5.69 Å². The van der Waals surface area contributed by atoms with Gasteiger partial charge in [0, 0.05) is 31.8 Å². The summed E-state index contributed by atoms with van der Waals surface area (Å²) in [6.07, 6.45) is 0.570. The molecule has 0 radical (unpaired) electrons. The van der Waals surface area contributed by atoms with E-state index in [1.807, 2.05) is 0 Å². The molecule has 120 valence electrons. The average molecular weight is 326 g/mol. The van der Waals surface area contributed by atoms with Gasteiger partial charge in [0.05, 0.1) is 16.4 Å². The number of nitro groups is 1. The Labute approximate surface area is 128 Å². The molecule has 1 aliphatic rings. The van der Waals surface area contributed by atoms with Gasteiger partial charge in [0.25, 0.3) is 5.69 Å². The van der Waals surface area contributed by atoms with Crippen LogP contribution in [0.1, 0.15) is 12.0 Å². The Balaban J connectivity index is 1.87. The number of benzene rings is 1. The van der Waals surface area contributed by atoms with E-state index >= 15 is 0 Å². The van der Waals surface area contributed by atoms with Crippen LogP contribution >= 0.6 is 0 Å². The summed E-state index contributed by atoms with van der Waals surface area (Å²) in [6, 6.07) is 6.08. The van der Waals surface area contributed by atoms with Crippen molar-refractivity contribution >= 4 is 21.5 Å². The van der Waals surface area contributed by atoms with E-state index in [0.717, 1.165) is 5.56 Å². The lowest BCUT2D eigenvalue weighted by Gasteiger charge is -2.16. The molecule has 2 rings (SSSR count). The molecule has 1 aliphatic heterocycles. The molecule has 1 unspecified atom stereocenters. The van der Waals surface area contributed by atoms with E-state index in [2.05, 4.69) is 15.6 Å². The summed E-state index contributed by atoms with van der Waals surface area (Å²) >= 11 is 0. The number of guanidine groups is 1. The van der Waals surface area contributed by atoms with Gasteiger partial charge < -0.3 is 10.6 Å². The number of rotatable bonds is 4. The van der Waals surface area contributed by atoms with Crippen molar-refractivity contribution in [2.45, 2.75) is 19.0 Å². The summed E-state index contributed by atoms with van der Waals surface area (Å²) in [6.45, 7) is 0.442. The van der Waals surface area contributed by atoms with Crippen LogP contribution in [0, 0.1) is 10.1 Å². The van der Waals surface area contributed by atoms with Crippen molar-refractivity contribution in [2.75, 3.05) is 18.6 Å². The Morgan fingerprint density at radius 3 is 2.59 bits per heavy atom. The summed E-state index contributed by atoms with van der Waals surface area (Å²) < 4.78 is 22.8. The van der Waals surface area contributed by atoms with Crippen LogP contribution in [-0.2, 0) is 16.4 Å². The second kappa shape index (κ2) is 6.73. The topological polar surface area (TPSA) is 114 Å². The first-order valence-electron chi connectivity index (χ1n) is 6.80. The Morgan fingerprint density at radius 1 is 1.41 bits per heavy atom. The summed E-state index contributed by atoms with van der Waals surface area (Å²) in [5, 5.41) is 16.7. The Hall–Kier alpha value is -2.16. The summed E-state index contributed by atoms with van der Waals surface area (Å²) in [7, 11) is -1.33. The third kappa shape index (κ3) is 4.42. The minimum absolute atomic E-state index is 0.0439. The predicted octanol–water partition coefficient (Wildman–Crippen LogP) is 0.447. The molecule has 1 aromatic carbocycles. The number of aliphatic imine (C=N–C) groups is 1. The van der Waals surface area contributed by atoms with Crippen molar-refractivity contribution < 1.29 is 13.3 Å². The van der Waals surface area contributed by atoms with Gasteiger partial charge >= 0.3 is 0 Å². The number of nitrogens with one attached hydrogen (secondary N) is 2. The molecule has 8 nitrogen and oxygen atoms in total. The fourth-order valence-corrected chi connectivity index (χ4v) is 3.89. The summed E-state index contributed by atoms with van der Waals surface area (Å²) in [5.74, 6) is 0.829. The molecule has 1 saturated heterocycles. The molecule has 9 heteroatoms. The number of sulfone groups is 1. The van der Waals surface area contributed by atoms with E-state index in [1.165, 1.54) is 12.1 Å². The van der Waals surface area contributed by atoms with Gasteiger partial charge in [-0.3, -0.25) is 15.1 Å². The van der Waals surface area contributed by atoms with Gasteiger partial charge in [-0.25, -0.2) is 8.42 Å². The van der Waals surface area contributed by atoms with Crippen molar-refractivity contribution in [2.24, 2.45) is 4.99 Å². The molecular weight excluding hydrogens is 308 g/mol. The highest BCUT2D eigenvalue weighted by Gasteiger charge is 2.28. The Morgan fingerprint density at radius 2 is 2.09 bits per heavy atom. The Bertz CT molecular complexity index is 670. The van der Waals surface area contributed by atoms with Gasteiger partial charge in [-0.05, 0) is 12.0 Å². The molecule has 0 bridgehead atoms. The second-order valence-corrected chi connectivity index (χ2v) is 7.32. The van der Waals surface area contributed by atoms with E-state index in [0.29, 0.717) is 18.9 Å². The van der Waals surface area contributed by atoms with Gasteiger partial charge in [0.1, 0.15) is 0 Å². The van der Waals surface area contributed by atoms with Crippen molar-refractivity contribution in [1.29, 1.82) is 0 Å². The molecule has 0 spiro atoms. The molecule has 0 amide bonds. The fraction of sp³-hybridized carbons (Fsp3) is 0.462. The van der Waals surface area contributed by atoms with E-state index < -0.39 is 14.8 Å². The largest absolute Gasteiger partial charge is 0.353 e. The number of non-ortho nitro benzene ring substituents is 1. The SMILES string of the molecule is CN=C(NCc1ccc([N+](=O)[O-])cc1)NC1CCS(=O)(=O)C1.